The zero-order valence-corrected chi connectivity index (χ0v) is 6.30. The molecule has 5 atom stereocenters. The first-order chi connectivity index (χ1) is 5.20. The Morgan fingerprint density at radius 2 is 2.00 bits per heavy atom. The highest BCUT2D eigenvalue weighted by molar-refractivity contribution is 4.96. The summed E-state index contributed by atoms with van der Waals surface area (Å²) in [6.45, 7) is 2.28. The van der Waals surface area contributed by atoms with Gasteiger partial charge in [-0.25, -0.2) is 0 Å². The average molecular weight is 160 g/mol. The molecule has 0 saturated carbocycles. The fourth-order valence-electron chi connectivity index (χ4n) is 1.41. The Morgan fingerprint density at radius 1 is 1.27 bits per heavy atom. The van der Waals surface area contributed by atoms with Crippen LogP contribution in [0.2, 0.25) is 0 Å². The van der Waals surface area contributed by atoms with E-state index in [1.54, 1.807) is 0 Å². The zero-order chi connectivity index (χ0) is 8.01. The highest BCUT2D eigenvalue weighted by atomic mass is 16.7. The Bertz CT molecular complexity index is 161. The summed E-state index contributed by atoms with van der Waals surface area (Å²) in [6, 6.07) is 0. The van der Waals surface area contributed by atoms with Gasteiger partial charge in [0.2, 0.25) is 0 Å². The molecule has 2 heterocycles. The lowest BCUT2D eigenvalue weighted by Gasteiger charge is -2.14. The number of rotatable bonds is 0. The highest BCUT2D eigenvalue weighted by Crippen LogP contribution is 2.34. The summed E-state index contributed by atoms with van der Waals surface area (Å²) >= 11 is 0. The van der Waals surface area contributed by atoms with Crippen molar-refractivity contribution in [1.82, 2.24) is 0 Å². The lowest BCUT2D eigenvalue weighted by Crippen LogP contribution is -2.25. The SMILES string of the molecule is C[C@@H]1COC(O)[C@@H]2O[C@@H]2C1O. The third kappa shape index (κ3) is 1.16. The summed E-state index contributed by atoms with van der Waals surface area (Å²) in [5.74, 6) is 0.0437. The van der Waals surface area contributed by atoms with Crippen LogP contribution in [0.5, 0.6) is 0 Å². The van der Waals surface area contributed by atoms with Gasteiger partial charge >= 0.3 is 0 Å². The van der Waals surface area contributed by atoms with Crippen molar-refractivity contribution in [3.8, 4) is 0 Å². The number of hydrogen-bond donors (Lipinski definition) is 2. The molecule has 4 nitrogen and oxygen atoms in total. The first-order valence-electron chi connectivity index (χ1n) is 3.83. The van der Waals surface area contributed by atoms with Gasteiger partial charge in [0, 0.05) is 5.92 Å². The summed E-state index contributed by atoms with van der Waals surface area (Å²) in [5.41, 5.74) is 0. The van der Waals surface area contributed by atoms with E-state index < -0.39 is 12.4 Å². The standard InChI is InChI=1S/C7H12O4/c1-3-2-10-7(9)6-5(11-6)4(3)8/h3-9H,2H2,1H3/t3-,4?,5-,6-,7?/m1/s1. The normalized spacial score (nSPS) is 56.5. The minimum Gasteiger partial charge on any atom is -0.390 e. The second-order valence-corrected chi connectivity index (χ2v) is 3.26. The molecule has 2 aliphatic rings. The Morgan fingerprint density at radius 3 is 2.73 bits per heavy atom. The summed E-state index contributed by atoms with van der Waals surface area (Å²) in [4.78, 5) is 0. The van der Waals surface area contributed by atoms with Crippen LogP contribution < -0.4 is 0 Å². The van der Waals surface area contributed by atoms with Crippen LogP contribution >= 0.6 is 0 Å². The number of aliphatic hydroxyl groups excluding tert-OH is 2. The lowest BCUT2D eigenvalue weighted by molar-refractivity contribution is -0.125. The second-order valence-electron chi connectivity index (χ2n) is 3.26. The van der Waals surface area contributed by atoms with Crippen molar-refractivity contribution in [3.05, 3.63) is 0 Å². The van der Waals surface area contributed by atoms with Crippen LogP contribution in [-0.2, 0) is 9.47 Å². The van der Waals surface area contributed by atoms with Crippen LogP contribution in [0.1, 0.15) is 6.92 Å². The van der Waals surface area contributed by atoms with Gasteiger partial charge in [0.05, 0.1) is 12.7 Å². The highest BCUT2D eigenvalue weighted by Gasteiger charge is 2.53. The molecule has 11 heavy (non-hydrogen) atoms. The summed E-state index contributed by atoms with van der Waals surface area (Å²) in [7, 11) is 0. The predicted molar refractivity (Wildman–Crippen MR) is 35.8 cm³/mol. The van der Waals surface area contributed by atoms with E-state index in [-0.39, 0.29) is 18.1 Å². The Hall–Kier alpha value is -0.160. The molecule has 0 amide bonds. The summed E-state index contributed by atoms with van der Waals surface area (Å²) < 4.78 is 10.0. The molecule has 0 aromatic heterocycles. The Labute approximate surface area is 64.7 Å². The van der Waals surface area contributed by atoms with Crippen molar-refractivity contribution in [3.63, 3.8) is 0 Å². The van der Waals surface area contributed by atoms with Crippen LogP contribution in [0.15, 0.2) is 0 Å². The van der Waals surface area contributed by atoms with Gasteiger partial charge in [-0.2, -0.15) is 0 Å². The number of aliphatic hydroxyl groups is 2. The molecule has 0 aromatic rings. The maximum absolute atomic E-state index is 9.47. The predicted octanol–water partition coefficient (Wildman–Crippen LogP) is -0.901. The van der Waals surface area contributed by atoms with E-state index in [0.717, 1.165) is 0 Å². The fraction of sp³-hybridized carbons (Fsp3) is 1.00. The minimum absolute atomic E-state index is 0.0437. The lowest BCUT2D eigenvalue weighted by atomic mass is 10.0. The van der Waals surface area contributed by atoms with E-state index in [4.69, 9.17) is 9.47 Å². The van der Waals surface area contributed by atoms with Gasteiger partial charge in [-0.15, -0.1) is 0 Å². The molecule has 0 bridgehead atoms. The average Bonchev–Trinajstić information content (AvgIpc) is 2.75. The molecule has 0 aliphatic carbocycles. The van der Waals surface area contributed by atoms with Crippen molar-refractivity contribution in [2.45, 2.75) is 31.5 Å². The maximum Gasteiger partial charge on any atom is 0.183 e. The molecule has 2 rings (SSSR count). The van der Waals surface area contributed by atoms with E-state index in [1.165, 1.54) is 0 Å². The van der Waals surface area contributed by atoms with Gasteiger partial charge < -0.3 is 19.7 Å². The van der Waals surface area contributed by atoms with Crippen LogP contribution in [0.4, 0.5) is 0 Å². The first-order valence-corrected chi connectivity index (χ1v) is 3.83. The van der Waals surface area contributed by atoms with Gasteiger partial charge in [0.15, 0.2) is 6.29 Å². The van der Waals surface area contributed by atoms with Crippen molar-refractivity contribution in [1.29, 1.82) is 0 Å². The first kappa shape index (κ1) is 7.49. The van der Waals surface area contributed by atoms with Crippen LogP contribution in [-0.4, -0.2) is 41.4 Å². The van der Waals surface area contributed by atoms with E-state index in [9.17, 15) is 10.2 Å². The quantitative estimate of drug-likeness (QED) is 0.451. The largest absolute Gasteiger partial charge is 0.390 e. The van der Waals surface area contributed by atoms with Gasteiger partial charge in [-0.05, 0) is 0 Å². The smallest absolute Gasteiger partial charge is 0.183 e. The summed E-state index contributed by atoms with van der Waals surface area (Å²) in [6.07, 6.45) is -1.84. The Kier molecular flexibility index (Phi) is 1.64. The monoisotopic (exact) mass is 160 g/mol. The van der Waals surface area contributed by atoms with Gasteiger partial charge in [0.1, 0.15) is 12.2 Å². The van der Waals surface area contributed by atoms with Gasteiger partial charge in [-0.3, -0.25) is 0 Å². The number of ether oxygens (including phenoxy) is 2. The fourth-order valence-corrected chi connectivity index (χ4v) is 1.41. The van der Waals surface area contributed by atoms with Crippen molar-refractivity contribution >= 4 is 0 Å². The molecule has 0 spiro atoms. The maximum atomic E-state index is 9.47. The van der Waals surface area contributed by atoms with E-state index in [0.29, 0.717) is 6.61 Å². The Balaban J connectivity index is 2.05. The number of epoxide rings is 1. The van der Waals surface area contributed by atoms with Crippen LogP contribution in [0, 0.1) is 5.92 Å². The molecule has 2 fully saturated rings. The van der Waals surface area contributed by atoms with Crippen LogP contribution in [0.25, 0.3) is 0 Å². The molecular weight excluding hydrogens is 148 g/mol. The molecule has 2 saturated heterocycles. The molecule has 4 heteroatoms. The molecular formula is C7H12O4. The molecule has 0 radical (unpaired) electrons. The third-order valence-electron chi connectivity index (χ3n) is 2.29. The van der Waals surface area contributed by atoms with E-state index >= 15 is 0 Å². The molecule has 64 valence electrons. The summed E-state index contributed by atoms with van der Waals surface area (Å²) in [5, 5.41) is 18.6. The van der Waals surface area contributed by atoms with Gasteiger partial charge in [0.25, 0.3) is 0 Å². The zero-order valence-electron chi connectivity index (χ0n) is 6.30. The van der Waals surface area contributed by atoms with Crippen molar-refractivity contribution < 1.29 is 19.7 Å². The molecule has 2 aliphatic heterocycles. The van der Waals surface area contributed by atoms with Gasteiger partial charge in [-0.1, -0.05) is 6.92 Å². The van der Waals surface area contributed by atoms with Crippen molar-refractivity contribution in [2.75, 3.05) is 6.61 Å². The number of fused-ring (bicyclic) bond motifs is 1. The van der Waals surface area contributed by atoms with Crippen LogP contribution in [0.3, 0.4) is 0 Å². The van der Waals surface area contributed by atoms with Crippen molar-refractivity contribution in [2.24, 2.45) is 5.92 Å². The topological polar surface area (TPSA) is 62.2 Å². The molecule has 2 N–H and O–H groups in total. The van der Waals surface area contributed by atoms with E-state index in [2.05, 4.69) is 0 Å². The van der Waals surface area contributed by atoms with E-state index in [1.807, 2.05) is 6.92 Å². The third-order valence-corrected chi connectivity index (χ3v) is 2.29. The minimum atomic E-state index is -0.848. The molecule has 2 unspecified atom stereocenters. The second kappa shape index (κ2) is 2.42. The molecule has 0 aromatic carbocycles. The number of hydrogen-bond acceptors (Lipinski definition) is 4.